The molecule has 0 aliphatic heterocycles. The smallest absolute Gasteiger partial charge is 0.174 e. The van der Waals surface area contributed by atoms with E-state index in [0.717, 1.165) is 30.6 Å². The molecule has 28 heavy (non-hydrogen) atoms. The minimum Gasteiger partial charge on any atom is -0.493 e. The molecule has 0 saturated heterocycles. The van der Waals surface area contributed by atoms with E-state index < -0.39 is 0 Å². The van der Waals surface area contributed by atoms with Crippen molar-refractivity contribution >= 4 is 50.4 Å². The van der Waals surface area contributed by atoms with Crippen LogP contribution in [0, 0.1) is 10.5 Å². The molecule has 0 spiro atoms. The van der Waals surface area contributed by atoms with Crippen LogP contribution in [0.25, 0.3) is 0 Å². The Bertz CT molecular complexity index is 958. The lowest BCUT2D eigenvalue weighted by Crippen LogP contribution is -2.01. The second kappa shape index (κ2) is 9.93. The Hall–Kier alpha value is -2.06. The molecule has 3 rings (SSSR count). The summed E-state index contributed by atoms with van der Waals surface area (Å²) in [6.07, 6.45) is 1.76. The highest BCUT2D eigenvalue weighted by Gasteiger charge is 2.11. The Morgan fingerprint density at radius 3 is 2.46 bits per heavy atom. The third-order valence-corrected chi connectivity index (χ3v) is 5.34. The fraction of sp³-hybridized carbons (Fsp3) is 0.136. The van der Waals surface area contributed by atoms with Gasteiger partial charge in [0.25, 0.3) is 0 Å². The third kappa shape index (κ3) is 5.72. The van der Waals surface area contributed by atoms with Gasteiger partial charge >= 0.3 is 0 Å². The quantitative estimate of drug-likeness (QED) is 0.210. The molecule has 0 saturated carbocycles. The van der Waals surface area contributed by atoms with Crippen LogP contribution in [0.5, 0.6) is 11.5 Å². The second-order valence-corrected chi connectivity index (χ2v) is 8.26. The maximum atomic E-state index is 6.03. The summed E-state index contributed by atoms with van der Waals surface area (Å²) in [5.41, 5.74) is 7.21. The average molecular weight is 551 g/mol. The third-order valence-electron chi connectivity index (χ3n) is 4.01. The van der Waals surface area contributed by atoms with E-state index in [2.05, 4.69) is 80.2 Å². The topological polar surface area (TPSA) is 42.8 Å². The van der Waals surface area contributed by atoms with Gasteiger partial charge in [0.2, 0.25) is 0 Å². The number of methoxy groups -OCH3 is 1. The molecule has 3 aromatic carbocycles. The minimum atomic E-state index is 0.491. The zero-order valence-corrected chi connectivity index (χ0v) is 19.3. The summed E-state index contributed by atoms with van der Waals surface area (Å²) >= 11 is 5.68. The molecule has 0 unspecified atom stereocenters. The Morgan fingerprint density at radius 1 is 1.07 bits per heavy atom. The van der Waals surface area contributed by atoms with Gasteiger partial charge in [-0.05, 0) is 77.0 Å². The number of benzene rings is 3. The van der Waals surface area contributed by atoms with E-state index in [1.54, 1.807) is 13.3 Å². The van der Waals surface area contributed by atoms with E-state index in [-0.39, 0.29) is 0 Å². The monoisotopic (exact) mass is 550 g/mol. The van der Waals surface area contributed by atoms with Gasteiger partial charge in [0.1, 0.15) is 6.61 Å². The first kappa shape index (κ1) is 20.7. The molecule has 0 aliphatic carbocycles. The van der Waals surface area contributed by atoms with Gasteiger partial charge in [0, 0.05) is 4.47 Å². The first-order valence-corrected chi connectivity index (χ1v) is 10.5. The fourth-order valence-electron chi connectivity index (χ4n) is 2.50. The Kier molecular flexibility index (Phi) is 7.33. The maximum absolute atomic E-state index is 6.03. The van der Waals surface area contributed by atoms with Crippen molar-refractivity contribution in [1.82, 2.24) is 0 Å². The number of anilines is 1. The molecule has 0 heterocycles. The number of hydrogen-bond donors (Lipinski definition) is 1. The number of hydrazone groups is 1. The fourth-order valence-corrected chi connectivity index (χ4v) is 3.55. The standard InChI is InChI=1S/C22H20BrIN2O2/c1-15-3-5-16(6-4-15)14-28-22-20(24)11-17(12-21(22)27-2)13-25-26-19-9-7-18(23)8-10-19/h3-13,26H,14H2,1-2H3/b25-13+. The summed E-state index contributed by atoms with van der Waals surface area (Å²) in [6, 6.07) is 20.1. The van der Waals surface area contributed by atoms with Gasteiger partial charge < -0.3 is 9.47 Å². The van der Waals surface area contributed by atoms with Crippen LogP contribution in [0.15, 0.2) is 70.2 Å². The normalized spacial score (nSPS) is 10.9. The van der Waals surface area contributed by atoms with Crippen LogP contribution in [0.1, 0.15) is 16.7 Å². The Balaban J connectivity index is 1.70. The number of halogens is 2. The highest BCUT2D eigenvalue weighted by atomic mass is 127. The zero-order chi connectivity index (χ0) is 19.9. The summed E-state index contributed by atoms with van der Waals surface area (Å²) < 4.78 is 13.6. The van der Waals surface area contributed by atoms with E-state index >= 15 is 0 Å². The Labute approximate surface area is 187 Å². The molecular formula is C22H20BrIN2O2. The van der Waals surface area contributed by atoms with Gasteiger partial charge in [-0.2, -0.15) is 5.10 Å². The molecule has 0 aliphatic rings. The SMILES string of the molecule is COc1cc(/C=N/Nc2ccc(Br)cc2)cc(I)c1OCc1ccc(C)cc1. The van der Waals surface area contributed by atoms with Gasteiger partial charge in [0.05, 0.1) is 22.6 Å². The lowest BCUT2D eigenvalue weighted by molar-refractivity contribution is 0.282. The molecule has 0 aromatic heterocycles. The lowest BCUT2D eigenvalue weighted by atomic mass is 10.2. The molecular weight excluding hydrogens is 531 g/mol. The molecule has 0 fully saturated rings. The van der Waals surface area contributed by atoms with Crippen LogP contribution in [-0.4, -0.2) is 13.3 Å². The van der Waals surface area contributed by atoms with Crippen LogP contribution >= 0.6 is 38.5 Å². The van der Waals surface area contributed by atoms with E-state index in [4.69, 9.17) is 9.47 Å². The summed E-state index contributed by atoms with van der Waals surface area (Å²) in [6.45, 7) is 2.56. The van der Waals surface area contributed by atoms with Gasteiger partial charge in [-0.15, -0.1) is 0 Å². The van der Waals surface area contributed by atoms with Crippen LogP contribution in [-0.2, 0) is 6.61 Å². The Morgan fingerprint density at radius 2 is 1.79 bits per heavy atom. The molecule has 4 nitrogen and oxygen atoms in total. The molecule has 0 bridgehead atoms. The number of nitrogens with zero attached hydrogens (tertiary/aromatic N) is 1. The number of rotatable bonds is 7. The number of ether oxygens (including phenoxy) is 2. The van der Waals surface area contributed by atoms with E-state index in [1.165, 1.54) is 5.56 Å². The molecule has 3 aromatic rings. The van der Waals surface area contributed by atoms with Crippen molar-refractivity contribution in [2.75, 3.05) is 12.5 Å². The second-order valence-electron chi connectivity index (χ2n) is 6.19. The molecule has 0 amide bonds. The van der Waals surface area contributed by atoms with Gasteiger partial charge in [-0.25, -0.2) is 0 Å². The van der Waals surface area contributed by atoms with Crippen LogP contribution in [0.4, 0.5) is 5.69 Å². The molecule has 144 valence electrons. The van der Waals surface area contributed by atoms with Crippen LogP contribution in [0.2, 0.25) is 0 Å². The predicted octanol–water partition coefficient (Wildman–Crippen LogP) is 6.40. The number of aryl methyl sites for hydroxylation is 1. The van der Waals surface area contributed by atoms with Gasteiger partial charge in [-0.1, -0.05) is 45.8 Å². The highest BCUT2D eigenvalue weighted by molar-refractivity contribution is 14.1. The van der Waals surface area contributed by atoms with Crippen molar-refractivity contribution in [3.05, 3.63) is 85.4 Å². The van der Waals surface area contributed by atoms with Gasteiger partial charge in [-0.3, -0.25) is 5.43 Å². The molecule has 0 atom stereocenters. The van der Waals surface area contributed by atoms with E-state index in [9.17, 15) is 0 Å². The maximum Gasteiger partial charge on any atom is 0.174 e. The largest absolute Gasteiger partial charge is 0.493 e. The predicted molar refractivity (Wildman–Crippen MR) is 127 cm³/mol. The van der Waals surface area contributed by atoms with Crippen molar-refractivity contribution in [1.29, 1.82) is 0 Å². The van der Waals surface area contributed by atoms with Crippen molar-refractivity contribution < 1.29 is 9.47 Å². The first-order chi connectivity index (χ1) is 13.5. The highest BCUT2D eigenvalue weighted by Crippen LogP contribution is 2.34. The number of nitrogens with one attached hydrogen (secondary N) is 1. The summed E-state index contributed by atoms with van der Waals surface area (Å²) in [5, 5.41) is 4.30. The first-order valence-electron chi connectivity index (χ1n) is 8.65. The van der Waals surface area contributed by atoms with Crippen LogP contribution in [0.3, 0.4) is 0 Å². The van der Waals surface area contributed by atoms with E-state index in [1.807, 2.05) is 36.4 Å². The van der Waals surface area contributed by atoms with Crippen molar-refractivity contribution in [3.63, 3.8) is 0 Å². The summed E-state index contributed by atoms with van der Waals surface area (Å²) in [4.78, 5) is 0. The molecule has 0 radical (unpaired) electrons. The summed E-state index contributed by atoms with van der Waals surface area (Å²) in [5.74, 6) is 1.42. The van der Waals surface area contributed by atoms with Crippen molar-refractivity contribution in [2.24, 2.45) is 5.10 Å². The lowest BCUT2D eigenvalue weighted by Gasteiger charge is -2.13. The van der Waals surface area contributed by atoms with E-state index in [0.29, 0.717) is 12.4 Å². The van der Waals surface area contributed by atoms with Gasteiger partial charge in [0.15, 0.2) is 11.5 Å². The molecule has 6 heteroatoms. The average Bonchev–Trinajstić information content (AvgIpc) is 2.69. The zero-order valence-electron chi connectivity index (χ0n) is 15.6. The van der Waals surface area contributed by atoms with Crippen molar-refractivity contribution in [3.8, 4) is 11.5 Å². The van der Waals surface area contributed by atoms with Crippen LogP contribution < -0.4 is 14.9 Å². The van der Waals surface area contributed by atoms with Crippen molar-refractivity contribution in [2.45, 2.75) is 13.5 Å². The summed E-state index contributed by atoms with van der Waals surface area (Å²) in [7, 11) is 1.64. The minimum absolute atomic E-state index is 0.491. The number of hydrogen-bond acceptors (Lipinski definition) is 4. The molecule has 1 N–H and O–H groups in total.